The van der Waals surface area contributed by atoms with E-state index in [1.54, 1.807) is 20.8 Å². The van der Waals surface area contributed by atoms with Crippen molar-refractivity contribution in [3.63, 3.8) is 0 Å². The number of primary amides is 1. The minimum Gasteiger partial charge on any atom is -0.459 e. The van der Waals surface area contributed by atoms with E-state index in [1.165, 1.54) is 4.90 Å². The molecule has 0 aromatic carbocycles. The monoisotopic (exact) mass is 283 g/mol. The number of nitrogens with two attached hydrogens (primary N) is 1. The van der Waals surface area contributed by atoms with Gasteiger partial charge in [-0.3, -0.25) is 14.4 Å². The predicted octanol–water partition coefficient (Wildman–Crippen LogP) is -1.18. The van der Waals surface area contributed by atoms with Crippen LogP contribution in [0.3, 0.4) is 0 Å². The Bertz CT molecular complexity index is 355. The van der Waals surface area contributed by atoms with E-state index in [9.17, 15) is 14.4 Å². The van der Waals surface area contributed by atoms with Crippen LogP contribution in [0.25, 0.3) is 0 Å². The summed E-state index contributed by atoms with van der Waals surface area (Å²) in [5, 5.41) is 2.83. The van der Waals surface area contributed by atoms with Crippen molar-refractivity contribution in [2.75, 3.05) is 26.2 Å². The average molecular weight is 283 g/mol. The zero-order chi connectivity index (χ0) is 15.8. The van der Waals surface area contributed by atoms with E-state index in [0.717, 1.165) is 0 Å². The lowest BCUT2D eigenvalue weighted by Gasteiger charge is -2.22. The maximum atomic E-state index is 11.4. The Balaban J connectivity index is 4.03. The van der Waals surface area contributed by atoms with Crippen molar-refractivity contribution in [1.82, 2.24) is 10.2 Å². The van der Waals surface area contributed by atoms with Gasteiger partial charge >= 0.3 is 5.97 Å². The largest absolute Gasteiger partial charge is 0.459 e. The first kappa shape index (κ1) is 18.4. The summed E-state index contributed by atoms with van der Waals surface area (Å²) < 4.78 is 5.10. The van der Waals surface area contributed by atoms with Crippen molar-refractivity contribution in [3.8, 4) is 0 Å². The number of nitrogens with one attached hydrogen (secondary N) is 1. The topological polar surface area (TPSA) is 102 Å². The van der Waals surface area contributed by atoms with Crippen LogP contribution < -0.4 is 11.1 Å². The Morgan fingerprint density at radius 2 is 1.90 bits per heavy atom. The molecule has 2 radical (unpaired) electrons. The van der Waals surface area contributed by atoms with Gasteiger partial charge in [-0.25, -0.2) is 0 Å². The van der Waals surface area contributed by atoms with E-state index in [0.29, 0.717) is 6.54 Å². The lowest BCUT2D eigenvalue weighted by molar-refractivity contribution is -0.153. The summed E-state index contributed by atoms with van der Waals surface area (Å²) in [5.74, 6) is -1.37. The summed E-state index contributed by atoms with van der Waals surface area (Å²) in [5.41, 5.74) is 4.50. The molecule has 3 N–H and O–H groups in total. The number of rotatable bonds is 8. The fraction of sp³-hybridized carbons (Fsp3) is 0.750. The van der Waals surface area contributed by atoms with Gasteiger partial charge in [-0.15, -0.1) is 0 Å². The summed E-state index contributed by atoms with van der Waals surface area (Å²) in [6.07, 6.45) is -0.195. The van der Waals surface area contributed by atoms with E-state index in [2.05, 4.69) is 5.32 Å². The molecule has 0 heterocycles. The second kappa shape index (κ2) is 8.57. The third-order valence-electron chi connectivity index (χ3n) is 2.12. The molecule has 0 rings (SSSR count). The van der Waals surface area contributed by atoms with Crippen LogP contribution in [0.15, 0.2) is 0 Å². The number of amides is 2. The summed E-state index contributed by atoms with van der Waals surface area (Å²) in [6.45, 7) is 5.74. The molecule has 0 aliphatic heterocycles. The Hall–Kier alpha value is -1.57. The highest BCUT2D eigenvalue weighted by Gasteiger charge is 2.16. The number of nitrogens with zero attached hydrogens (tertiary/aromatic N) is 1. The van der Waals surface area contributed by atoms with E-state index in [1.807, 2.05) is 0 Å². The molecule has 0 atom stereocenters. The number of hydrogen-bond acceptors (Lipinski definition) is 5. The van der Waals surface area contributed by atoms with Gasteiger partial charge in [-0.1, -0.05) is 0 Å². The molecule has 0 saturated heterocycles. The van der Waals surface area contributed by atoms with Crippen LogP contribution in [0.1, 0.15) is 20.8 Å². The minimum atomic E-state index is -0.612. The molecule has 2 amide bonds. The standard InChI is InChI=1S/C12H22BN3O4/c1-12(2,3)20-11(19)7-15-4-5-16(8-9(14)17)10(18)6-13/h15H,4-8H2,1-3H3,(H2,14,17). The molecule has 7 nitrogen and oxygen atoms in total. The van der Waals surface area contributed by atoms with Gasteiger partial charge in [0.1, 0.15) is 5.60 Å². The van der Waals surface area contributed by atoms with Crippen LogP contribution >= 0.6 is 0 Å². The van der Waals surface area contributed by atoms with Gasteiger partial charge in [-0.05, 0) is 27.1 Å². The van der Waals surface area contributed by atoms with Crippen molar-refractivity contribution in [2.45, 2.75) is 32.7 Å². The van der Waals surface area contributed by atoms with Crippen LogP contribution in [0.4, 0.5) is 0 Å². The number of hydrogen-bond donors (Lipinski definition) is 2. The molecule has 0 aliphatic rings. The smallest absolute Gasteiger partial charge is 0.320 e. The SMILES string of the molecule is [B]CC(=O)N(CCNCC(=O)OC(C)(C)C)CC(N)=O. The van der Waals surface area contributed by atoms with Gasteiger partial charge in [0.25, 0.3) is 0 Å². The van der Waals surface area contributed by atoms with Crippen LogP contribution in [0, 0.1) is 0 Å². The fourth-order valence-electron chi connectivity index (χ4n) is 1.39. The fourth-order valence-corrected chi connectivity index (χ4v) is 1.39. The van der Waals surface area contributed by atoms with E-state index >= 15 is 0 Å². The Labute approximate surface area is 120 Å². The number of ether oxygens (including phenoxy) is 1. The lowest BCUT2D eigenvalue weighted by Crippen LogP contribution is -2.43. The molecule has 20 heavy (non-hydrogen) atoms. The average Bonchev–Trinajstić information content (AvgIpc) is 2.29. The van der Waals surface area contributed by atoms with Gasteiger partial charge in [0.05, 0.1) is 20.9 Å². The maximum absolute atomic E-state index is 11.4. The third kappa shape index (κ3) is 9.38. The molecule has 0 saturated carbocycles. The quantitative estimate of drug-likeness (QED) is 0.331. The first-order chi connectivity index (χ1) is 9.15. The number of carbonyl (C=O) groups excluding carboxylic acids is 3. The first-order valence-corrected chi connectivity index (χ1v) is 6.34. The minimum absolute atomic E-state index is 0.0263. The number of carbonyl (C=O) groups is 3. The highest BCUT2D eigenvalue weighted by atomic mass is 16.6. The van der Waals surface area contributed by atoms with Gasteiger partial charge in [0.15, 0.2) is 0 Å². The summed E-state index contributed by atoms with van der Waals surface area (Å²) >= 11 is 0. The van der Waals surface area contributed by atoms with Crippen molar-refractivity contribution in [3.05, 3.63) is 0 Å². The Morgan fingerprint density at radius 3 is 2.35 bits per heavy atom. The van der Waals surface area contributed by atoms with Crippen molar-refractivity contribution in [1.29, 1.82) is 0 Å². The normalized spacial score (nSPS) is 10.9. The van der Waals surface area contributed by atoms with E-state index in [4.69, 9.17) is 18.3 Å². The molecule has 112 valence electrons. The van der Waals surface area contributed by atoms with Gasteiger partial charge in [0, 0.05) is 13.1 Å². The van der Waals surface area contributed by atoms with Crippen molar-refractivity contribution < 1.29 is 19.1 Å². The van der Waals surface area contributed by atoms with Gasteiger partial charge in [-0.2, -0.15) is 0 Å². The van der Waals surface area contributed by atoms with Crippen LogP contribution in [-0.2, 0) is 19.1 Å². The second-order valence-corrected chi connectivity index (χ2v) is 5.25. The second-order valence-electron chi connectivity index (χ2n) is 5.25. The zero-order valence-corrected chi connectivity index (χ0v) is 12.3. The van der Waals surface area contributed by atoms with Crippen molar-refractivity contribution in [2.24, 2.45) is 5.73 Å². The van der Waals surface area contributed by atoms with Gasteiger partial charge in [0.2, 0.25) is 11.8 Å². The molecular weight excluding hydrogens is 261 g/mol. The molecule has 0 aromatic heterocycles. The summed E-state index contributed by atoms with van der Waals surface area (Å²) in [6, 6.07) is 0. The first-order valence-electron chi connectivity index (χ1n) is 6.34. The highest BCUT2D eigenvalue weighted by Crippen LogP contribution is 2.06. The Morgan fingerprint density at radius 1 is 1.30 bits per heavy atom. The molecule has 0 aliphatic carbocycles. The highest BCUT2D eigenvalue weighted by molar-refractivity contribution is 6.19. The van der Waals surface area contributed by atoms with E-state index in [-0.39, 0.29) is 37.8 Å². The predicted molar refractivity (Wildman–Crippen MR) is 75.1 cm³/mol. The molecule has 0 bridgehead atoms. The Kier molecular flexibility index (Phi) is 7.90. The van der Waals surface area contributed by atoms with Gasteiger partial charge < -0.3 is 20.7 Å². The van der Waals surface area contributed by atoms with E-state index < -0.39 is 11.5 Å². The lowest BCUT2D eigenvalue weighted by atomic mass is 10.0. The molecule has 8 heteroatoms. The van der Waals surface area contributed by atoms with Crippen LogP contribution in [-0.4, -0.2) is 62.3 Å². The number of esters is 1. The molecule has 0 unspecified atom stereocenters. The molecule has 0 spiro atoms. The van der Waals surface area contributed by atoms with Crippen LogP contribution in [0.5, 0.6) is 0 Å². The summed E-state index contributed by atoms with van der Waals surface area (Å²) in [7, 11) is 5.23. The van der Waals surface area contributed by atoms with Crippen LogP contribution in [0.2, 0.25) is 6.32 Å². The third-order valence-corrected chi connectivity index (χ3v) is 2.12. The molecule has 0 fully saturated rings. The molecular formula is C12H22BN3O4. The van der Waals surface area contributed by atoms with Crippen molar-refractivity contribution >= 4 is 25.6 Å². The summed E-state index contributed by atoms with van der Waals surface area (Å²) in [4.78, 5) is 34.9. The molecule has 0 aromatic rings. The zero-order valence-electron chi connectivity index (χ0n) is 12.3. The maximum Gasteiger partial charge on any atom is 0.320 e.